The molecule has 0 spiro atoms. The van der Waals surface area contributed by atoms with Crippen LogP contribution in [0.15, 0.2) is 42.5 Å². The summed E-state index contributed by atoms with van der Waals surface area (Å²) in [7, 11) is 0. The fraction of sp³-hybridized carbons (Fsp3) is 0.381. The van der Waals surface area contributed by atoms with Crippen LogP contribution in [0.1, 0.15) is 31.4 Å². The molecule has 154 valence electrons. The number of hydrogen-bond acceptors (Lipinski definition) is 6. The number of rotatable bonds is 8. The zero-order chi connectivity index (χ0) is 21.1. The molecule has 2 aromatic rings. The number of aliphatic carboxylic acids is 1. The third-order valence-electron chi connectivity index (χ3n) is 4.11. The molecular formula is C21H29NO6. The Kier molecular flexibility index (Phi) is 9.84. The van der Waals surface area contributed by atoms with Gasteiger partial charge in [-0.3, -0.25) is 0 Å². The molecule has 0 amide bonds. The van der Waals surface area contributed by atoms with Gasteiger partial charge in [0.25, 0.3) is 0 Å². The molecule has 7 heteroatoms. The first-order valence-electron chi connectivity index (χ1n) is 9.12. The van der Waals surface area contributed by atoms with Crippen LogP contribution >= 0.6 is 0 Å². The van der Waals surface area contributed by atoms with E-state index in [0.717, 1.165) is 31.4 Å². The molecule has 0 aliphatic rings. The maximum absolute atomic E-state index is 9.45. The van der Waals surface area contributed by atoms with Gasteiger partial charge in [0.05, 0.1) is 0 Å². The van der Waals surface area contributed by atoms with Crippen molar-refractivity contribution in [2.45, 2.75) is 45.3 Å². The number of nitrogens with one attached hydrogen (secondary N) is 1. The first kappa shape index (κ1) is 23.3. The smallest absolute Gasteiger partial charge is 0.332 e. The van der Waals surface area contributed by atoms with Crippen molar-refractivity contribution in [3.05, 3.63) is 53.6 Å². The van der Waals surface area contributed by atoms with Crippen LogP contribution in [-0.4, -0.2) is 50.2 Å². The lowest BCUT2D eigenvalue weighted by molar-refractivity contribution is -0.145. The number of carboxylic acid groups (broad SMARTS) is 1. The monoisotopic (exact) mass is 391 g/mol. The first-order valence-corrected chi connectivity index (χ1v) is 9.12. The third-order valence-corrected chi connectivity index (χ3v) is 4.11. The van der Waals surface area contributed by atoms with Crippen molar-refractivity contribution in [1.82, 2.24) is 5.32 Å². The molecule has 0 aliphatic heterocycles. The van der Waals surface area contributed by atoms with Crippen LogP contribution in [0.4, 0.5) is 0 Å². The summed E-state index contributed by atoms with van der Waals surface area (Å²) in [5.74, 6) is -1.04. The highest BCUT2D eigenvalue weighted by Crippen LogP contribution is 2.24. The Balaban J connectivity index is 0.000000568. The van der Waals surface area contributed by atoms with Gasteiger partial charge in [-0.2, -0.15) is 0 Å². The number of benzene rings is 2. The maximum Gasteiger partial charge on any atom is 0.332 e. The van der Waals surface area contributed by atoms with Crippen LogP contribution in [-0.2, 0) is 17.6 Å². The maximum atomic E-state index is 9.45. The van der Waals surface area contributed by atoms with Crippen LogP contribution in [0.25, 0.3) is 0 Å². The summed E-state index contributed by atoms with van der Waals surface area (Å²) in [5, 5.41) is 47.2. The third kappa shape index (κ3) is 9.25. The number of aliphatic hydroxyl groups excluding tert-OH is 1. The number of aliphatic hydroxyl groups is 1. The minimum absolute atomic E-state index is 0.0714. The predicted octanol–water partition coefficient (Wildman–Crippen LogP) is 2.41. The first-order chi connectivity index (χ1) is 13.2. The standard InChI is InChI=1S/C18H23NO3.C3H6O3/c1-13(2-3-14-4-7-16(20)8-5-14)19-11-10-15-6-9-17(21)18(22)12-15;1-2(4)3(5)6/h4-9,12-13,19-22H,2-3,10-11H2,1H3;2,4H,1H3,(H,5,6). The van der Waals surface area contributed by atoms with Gasteiger partial charge in [-0.1, -0.05) is 18.2 Å². The number of phenols is 3. The van der Waals surface area contributed by atoms with Crippen molar-refractivity contribution >= 4 is 5.97 Å². The van der Waals surface area contributed by atoms with E-state index in [2.05, 4.69) is 12.2 Å². The molecule has 0 saturated heterocycles. The van der Waals surface area contributed by atoms with Crippen molar-refractivity contribution in [3.63, 3.8) is 0 Å². The summed E-state index contributed by atoms with van der Waals surface area (Å²) in [6, 6.07) is 12.6. The van der Waals surface area contributed by atoms with Gasteiger partial charge in [0.15, 0.2) is 11.5 Å². The highest BCUT2D eigenvalue weighted by Gasteiger charge is 2.04. The van der Waals surface area contributed by atoms with Crippen LogP contribution in [0.3, 0.4) is 0 Å². The molecule has 2 atom stereocenters. The molecule has 0 heterocycles. The lowest BCUT2D eigenvalue weighted by atomic mass is 10.1. The molecule has 2 rings (SSSR count). The van der Waals surface area contributed by atoms with Crippen molar-refractivity contribution < 1.29 is 30.3 Å². The van der Waals surface area contributed by atoms with E-state index in [-0.39, 0.29) is 11.5 Å². The lowest BCUT2D eigenvalue weighted by Gasteiger charge is -2.14. The van der Waals surface area contributed by atoms with E-state index >= 15 is 0 Å². The SMILES string of the molecule is CC(CCc1ccc(O)cc1)NCCc1ccc(O)c(O)c1.CC(O)C(=O)O. The summed E-state index contributed by atoms with van der Waals surface area (Å²) in [6.45, 7) is 4.16. The van der Waals surface area contributed by atoms with Gasteiger partial charge >= 0.3 is 5.97 Å². The Bertz CT molecular complexity index is 730. The Morgan fingerprint density at radius 1 is 0.929 bits per heavy atom. The van der Waals surface area contributed by atoms with Crippen molar-refractivity contribution in [1.29, 1.82) is 0 Å². The largest absolute Gasteiger partial charge is 0.508 e. The average molecular weight is 391 g/mol. The predicted molar refractivity (Wildman–Crippen MR) is 107 cm³/mol. The molecule has 0 saturated carbocycles. The summed E-state index contributed by atoms with van der Waals surface area (Å²) in [6.07, 6.45) is 1.56. The minimum atomic E-state index is -1.23. The van der Waals surface area contributed by atoms with Crippen LogP contribution in [0, 0.1) is 0 Å². The van der Waals surface area contributed by atoms with Gasteiger partial charge in [-0.25, -0.2) is 4.79 Å². The molecule has 7 nitrogen and oxygen atoms in total. The summed E-state index contributed by atoms with van der Waals surface area (Å²) >= 11 is 0. The molecule has 0 radical (unpaired) electrons. The molecule has 2 unspecified atom stereocenters. The molecule has 0 aliphatic carbocycles. The van der Waals surface area contributed by atoms with E-state index in [1.807, 2.05) is 18.2 Å². The Hall–Kier alpha value is -2.77. The van der Waals surface area contributed by atoms with Crippen LogP contribution in [0.2, 0.25) is 0 Å². The minimum Gasteiger partial charge on any atom is -0.508 e. The molecule has 6 N–H and O–H groups in total. The van der Waals surface area contributed by atoms with Gasteiger partial charge < -0.3 is 30.8 Å². The van der Waals surface area contributed by atoms with Crippen LogP contribution < -0.4 is 5.32 Å². The molecule has 28 heavy (non-hydrogen) atoms. The van der Waals surface area contributed by atoms with Crippen molar-refractivity contribution in [3.8, 4) is 17.2 Å². The quantitative estimate of drug-likeness (QED) is 0.381. The topological polar surface area (TPSA) is 130 Å². The lowest BCUT2D eigenvalue weighted by Crippen LogP contribution is -2.28. The van der Waals surface area contributed by atoms with E-state index in [9.17, 15) is 20.1 Å². The van der Waals surface area contributed by atoms with Gasteiger partial charge in [0, 0.05) is 6.04 Å². The fourth-order valence-corrected chi connectivity index (χ4v) is 2.34. The Labute approximate surface area is 164 Å². The molecule has 0 bridgehead atoms. The fourth-order valence-electron chi connectivity index (χ4n) is 2.34. The highest BCUT2D eigenvalue weighted by molar-refractivity contribution is 5.71. The number of hydrogen-bond donors (Lipinski definition) is 6. The van der Waals surface area contributed by atoms with Gasteiger partial charge in [0.2, 0.25) is 0 Å². The summed E-state index contributed by atoms with van der Waals surface area (Å²) in [5.41, 5.74) is 2.21. The zero-order valence-electron chi connectivity index (χ0n) is 16.2. The number of carbonyl (C=O) groups is 1. The number of carboxylic acids is 1. The van der Waals surface area contributed by atoms with Gasteiger partial charge in [-0.15, -0.1) is 0 Å². The highest BCUT2D eigenvalue weighted by atomic mass is 16.4. The molecular weight excluding hydrogens is 362 g/mol. The summed E-state index contributed by atoms with van der Waals surface area (Å²) in [4.78, 5) is 9.45. The van der Waals surface area contributed by atoms with Gasteiger partial charge in [0.1, 0.15) is 11.9 Å². The van der Waals surface area contributed by atoms with E-state index in [4.69, 9.17) is 10.2 Å². The van der Waals surface area contributed by atoms with Crippen LogP contribution in [0.5, 0.6) is 17.2 Å². The number of phenolic OH excluding ortho intramolecular Hbond substituents is 3. The average Bonchev–Trinajstić information content (AvgIpc) is 2.64. The van der Waals surface area contributed by atoms with E-state index in [1.165, 1.54) is 18.6 Å². The van der Waals surface area contributed by atoms with E-state index < -0.39 is 12.1 Å². The zero-order valence-corrected chi connectivity index (χ0v) is 16.2. The Morgan fingerprint density at radius 3 is 2.04 bits per heavy atom. The van der Waals surface area contributed by atoms with E-state index in [0.29, 0.717) is 11.8 Å². The molecule has 0 fully saturated rings. The second-order valence-corrected chi connectivity index (χ2v) is 6.65. The second kappa shape index (κ2) is 11.8. The molecule has 0 aromatic heterocycles. The number of aryl methyl sites for hydroxylation is 1. The second-order valence-electron chi connectivity index (χ2n) is 6.65. The van der Waals surface area contributed by atoms with Crippen molar-refractivity contribution in [2.75, 3.05) is 6.54 Å². The van der Waals surface area contributed by atoms with Gasteiger partial charge in [-0.05, 0) is 75.0 Å². The van der Waals surface area contributed by atoms with E-state index in [1.54, 1.807) is 18.2 Å². The number of aromatic hydroxyl groups is 3. The Morgan fingerprint density at radius 2 is 1.50 bits per heavy atom. The molecule has 2 aromatic carbocycles. The summed E-state index contributed by atoms with van der Waals surface area (Å²) < 4.78 is 0. The normalized spacial score (nSPS) is 12.5. The van der Waals surface area contributed by atoms with Crippen molar-refractivity contribution in [2.24, 2.45) is 0 Å².